The summed E-state index contributed by atoms with van der Waals surface area (Å²) in [6.45, 7) is 5.63. The molecule has 24 heavy (non-hydrogen) atoms. The van der Waals surface area contributed by atoms with Gasteiger partial charge in [-0.15, -0.1) is 10.2 Å². The lowest BCUT2D eigenvalue weighted by Crippen LogP contribution is -2.28. The van der Waals surface area contributed by atoms with Crippen molar-refractivity contribution in [3.05, 3.63) is 39.8 Å². The normalized spacial score (nSPS) is 20.0. The van der Waals surface area contributed by atoms with Crippen LogP contribution >= 0.6 is 11.3 Å². The largest absolute Gasteiger partial charge is 0.364 e. The predicted molar refractivity (Wildman–Crippen MR) is 95.3 cm³/mol. The van der Waals surface area contributed by atoms with E-state index in [1.807, 2.05) is 11.8 Å². The molecule has 1 amide bonds. The topological polar surface area (TPSA) is 49.3 Å². The Morgan fingerprint density at radius 2 is 2.12 bits per heavy atom. The van der Waals surface area contributed by atoms with Crippen molar-refractivity contribution in [1.29, 1.82) is 0 Å². The summed E-state index contributed by atoms with van der Waals surface area (Å²) in [5, 5.41) is 10.5. The first-order chi connectivity index (χ1) is 11.7. The van der Waals surface area contributed by atoms with E-state index in [0.29, 0.717) is 11.8 Å². The summed E-state index contributed by atoms with van der Waals surface area (Å²) in [5.74, 6) is 0.811. The van der Waals surface area contributed by atoms with Gasteiger partial charge in [0.25, 0.3) is 0 Å². The quantitative estimate of drug-likeness (QED) is 0.838. The van der Waals surface area contributed by atoms with E-state index in [1.54, 1.807) is 11.3 Å². The van der Waals surface area contributed by atoms with Gasteiger partial charge in [0.2, 0.25) is 5.91 Å². The first kappa shape index (κ1) is 15.6. The zero-order chi connectivity index (χ0) is 16.5. The van der Waals surface area contributed by atoms with Crippen molar-refractivity contribution in [1.82, 2.24) is 15.1 Å². The fraction of sp³-hybridized carbons (Fsp3) is 0.500. The lowest BCUT2D eigenvalue weighted by Gasteiger charge is -2.20. The van der Waals surface area contributed by atoms with Crippen LogP contribution in [0, 0.1) is 6.92 Å². The summed E-state index contributed by atoms with van der Waals surface area (Å²) in [6.07, 6.45) is 2.78. The average Bonchev–Trinajstić information content (AvgIpc) is 3.27. The average molecular weight is 342 g/mol. The molecule has 0 aliphatic carbocycles. The first-order valence-electron chi connectivity index (χ1n) is 8.61. The van der Waals surface area contributed by atoms with E-state index in [4.69, 9.17) is 0 Å². The number of aryl methyl sites for hydroxylation is 1. The standard InChI is InChI=1S/C18H22N4OS/c1-13-19-20-17(24-13)12-22-11-14(15-5-2-3-6-16(15)22)8-10-21-9-4-7-18(21)23/h2-3,5-6,14H,4,7-12H2,1H3. The number of fused-ring (bicyclic) bond motifs is 1. The Labute approximate surface area is 146 Å². The second-order valence-electron chi connectivity index (χ2n) is 6.62. The molecule has 0 radical (unpaired) electrons. The van der Waals surface area contributed by atoms with Gasteiger partial charge in [0.1, 0.15) is 10.0 Å². The Balaban J connectivity index is 1.47. The van der Waals surface area contributed by atoms with Crippen LogP contribution in [0.4, 0.5) is 5.69 Å². The van der Waals surface area contributed by atoms with Crippen LogP contribution in [0.3, 0.4) is 0 Å². The second-order valence-corrected chi connectivity index (χ2v) is 7.89. The number of benzene rings is 1. The minimum absolute atomic E-state index is 0.322. The molecular formula is C18H22N4OS. The van der Waals surface area contributed by atoms with E-state index < -0.39 is 0 Å². The summed E-state index contributed by atoms with van der Waals surface area (Å²) >= 11 is 1.67. The van der Waals surface area contributed by atoms with Crippen LogP contribution in [-0.4, -0.2) is 40.6 Å². The van der Waals surface area contributed by atoms with Crippen LogP contribution < -0.4 is 4.90 Å². The van der Waals surface area contributed by atoms with Crippen molar-refractivity contribution in [3.8, 4) is 0 Å². The number of carbonyl (C=O) groups excluding carboxylic acids is 1. The van der Waals surface area contributed by atoms with Gasteiger partial charge in [-0.05, 0) is 31.4 Å². The maximum absolute atomic E-state index is 11.8. The maximum Gasteiger partial charge on any atom is 0.222 e. The Hall–Kier alpha value is -1.95. The van der Waals surface area contributed by atoms with Crippen LogP contribution in [0.2, 0.25) is 0 Å². The number of rotatable bonds is 5. The van der Waals surface area contributed by atoms with E-state index in [2.05, 4.69) is 39.4 Å². The van der Waals surface area contributed by atoms with Crippen LogP contribution in [-0.2, 0) is 11.3 Å². The number of carbonyl (C=O) groups is 1. The van der Waals surface area contributed by atoms with Crippen molar-refractivity contribution in [2.24, 2.45) is 0 Å². The molecule has 6 heteroatoms. The van der Waals surface area contributed by atoms with Crippen LogP contribution in [0.25, 0.3) is 0 Å². The highest BCUT2D eigenvalue weighted by molar-refractivity contribution is 7.11. The molecule has 0 spiro atoms. The van der Waals surface area contributed by atoms with Crippen molar-refractivity contribution in [2.75, 3.05) is 24.5 Å². The van der Waals surface area contributed by atoms with Gasteiger partial charge < -0.3 is 9.80 Å². The summed E-state index contributed by atoms with van der Waals surface area (Å²) in [6, 6.07) is 8.65. The van der Waals surface area contributed by atoms with Gasteiger partial charge in [-0.1, -0.05) is 29.5 Å². The van der Waals surface area contributed by atoms with Gasteiger partial charge in [-0.3, -0.25) is 4.79 Å². The number of hydrogen-bond donors (Lipinski definition) is 0. The number of hydrogen-bond acceptors (Lipinski definition) is 5. The molecule has 1 aromatic heterocycles. The van der Waals surface area contributed by atoms with Gasteiger partial charge in [0.05, 0.1) is 6.54 Å². The van der Waals surface area contributed by atoms with Crippen LogP contribution in [0.15, 0.2) is 24.3 Å². The molecule has 1 saturated heterocycles. The van der Waals surface area contributed by atoms with Gasteiger partial charge in [0, 0.05) is 37.7 Å². The minimum Gasteiger partial charge on any atom is -0.364 e. The molecule has 126 valence electrons. The molecule has 2 aliphatic rings. The third kappa shape index (κ3) is 3.02. The third-order valence-corrected chi connectivity index (χ3v) is 5.79. The zero-order valence-electron chi connectivity index (χ0n) is 13.9. The molecule has 1 fully saturated rings. The monoisotopic (exact) mass is 342 g/mol. The number of amides is 1. The Morgan fingerprint density at radius 1 is 1.25 bits per heavy atom. The lowest BCUT2D eigenvalue weighted by molar-refractivity contribution is -0.127. The second kappa shape index (κ2) is 6.51. The smallest absolute Gasteiger partial charge is 0.222 e. The minimum atomic E-state index is 0.322. The molecule has 0 N–H and O–H groups in total. The molecule has 2 aliphatic heterocycles. The molecular weight excluding hydrogens is 320 g/mol. The SMILES string of the molecule is Cc1nnc(CN2CC(CCN3CCCC3=O)c3ccccc32)s1. The summed E-state index contributed by atoms with van der Waals surface area (Å²) in [4.78, 5) is 16.3. The van der Waals surface area contributed by atoms with E-state index in [9.17, 15) is 4.79 Å². The Morgan fingerprint density at radius 3 is 2.88 bits per heavy atom. The molecule has 3 heterocycles. The van der Waals surface area contributed by atoms with E-state index >= 15 is 0 Å². The summed E-state index contributed by atoms with van der Waals surface area (Å²) in [5.41, 5.74) is 2.72. The number of aromatic nitrogens is 2. The van der Waals surface area contributed by atoms with E-state index in [-0.39, 0.29) is 0 Å². The fourth-order valence-corrected chi connectivity index (χ4v) is 4.52. The molecule has 1 unspecified atom stereocenters. The number of nitrogens with zero attached hydrogens (tertiary/aromatic N) is 4. The van der Waals surface area contributed by atoms with Gasteiger partial charge >= 0.3 is 0 Å². The highest BCUT2D eigenvalue weighted by atomic mass is 32.1. The van der Waals surface area contributed by atoms with Crippen molar-refractivity contribution < 1.29 is 4.79 Å². The Kier molecular flexibility index (Phi) is 4.22. The van der Waals surface area contributed by atoms with Crippen molar-refractivity contribution in [3.63, 3.8) is 0 Å². The predicted octanol–water partition coefficient (Wildman–Crippen LogP) is 2.96. The zero-order valence-corrected chi connectivity index (χ0v) is 14.8. The number of likely N-dealkylation sites (tertiary alicyclic amines) is 1. The molecule has 4 rings (SSSR count). The highest BCUT2D eigenvalue weighted by Gasteiger charge is 2.30. The Bertz CT molecular complexity index is 744. The van der Waals surface area contributed by atoms with E-state index in [0.717, 1.165) is 55.5 Å². The van der Waals surface area contributed by atoms with Crippen molar-refractivity contribution in [2.45, 2.75) is 38.6 Å². The molecule has 0 saturated carbocycles. The van der Waals surface area contributed by atoms with Gasteiger partial charge in [-0.2, -0.15) is 0 Å². The third-order valence-electron chi connectivity index (χ3n) is 4.97. The highest BCUT2D eigenvalue weighted by Crippen LogP contribution is 2.39. The van der Waals surface area contributed by atoms with Crippen LogP contribution in [0.1, 0.15) is 40.8 Å². The summed E-state index contributed by atoms with van der Waals surface area (Å²) < 4.78 is 0. The number of anilines is 1. The molecule has 1 atom stereocenters. The molecule has 0 bridgehead atoms. The van der Waals surface area contributed by atoms with Gasteiger partial charge in [0.15, 0.2) is 0 Å². The molecule has 5 nitrogen and oxygen atoms in total. The lowest BCUT2D eigenvalue weighted by atomic mass is 9.98. The maximum atomic E-state index is 11.8. The molecule has 1 aromatic carbocycles. The summed E-state index contributed by atoms with van der Waals surface area (Å²) in [7, 11) is 0. The van der Waals surface area contributed by atoms with Crippen molar-refractivity contribution >= 4 is 22.9 Å². The van der Waals surface area contributed by atoms with Gasteiger partial charge in [-0.25, -0.2) is 0 Å². The fourth-order valence-electron chi connectivity index (χ4n) is 3.80. The van der Waals surface area contributed by atoms with Crippen LogP contribution in [0.5, 0.6) is 0 Å². The van der Waals surface area contributed by atoms with E-state index in [1.165, 1.54) is 11.3 Å². The molecule has 2 aromatic rings. The first-order valence-corrected chi connectivity index (χ1v) is 9.43. The number of para-hydroxylation sites is 1.